The Kier molecular flexibility index (Phi) is 6.48. The third kappa shape index (κ3) is 5.04. The van der Waals surface area contributed by atoms with Crippen LogP contribution >= 0.6 is 0 Å². The van der Waals surface area contributed by atoms with Crippen molar-refractivity contribution in [2.45, 2.75) is 6.92 Å². The van der Waals surface area contributed by atoms with E-state index in [1.165, 1.54) is 13.3 Å². The fourth-order valence-corrected chi connectivity index (χ4v) is 2.71. The summed E-state index contributed by atoms with van der Waals surface area (Å²) in [5, 5.41) is 8.91. The molecule has 0 atom stereocenters. The van der Waals surface area contributed by atoms with Crippen LogP contribution in [0.3, 0.4) is 0 Å². The van der Waals surface area contributed by atoms with Crippen molar-refractivity contribution in [1.82, 2.24) is 15.0 Å². The second-order valence-corrected chi connectivity index (χ2v) is 6.06. The zero-order valence-electron chi connectivity index (χ0n) is 17.0. The minimum absolute atomic E-state index is 0.149. The van der Waals surface area contributed by atoms with Gasteiger partial charge >= 0.3 is 0 Å². The number of methoxy groups -OCH3 is 3. The summed E-state index contributed by atoms with van der Waals surface area (Å²) in [6, 6.07) is 10.7. The fourth-order valence-electron chi connectivity index (χ4n) is 2.71. The molecule has 0 fully saturated rings. The number of nitrogens with zero attached hydrogens (tertiary/aromatic N) is 3. The Hall–Kier alpha value is -4.08. The lowest BCUT2D eigenvalue weighted by atomic mass is 10.2. The molecule has 0 saturated carbocycles. The number of benzene rings is 2. The van der Waals surface area contributed by atoms with Gasteiger partial charge in [0, 0.05) is 36.1 Å². The van der Waals surface area contributed by atoms with Crippen molar-refractivity contribution in [2.75, 3.05) is 37.3 Å². The molecule has 0 aliphatic carbocycles. The summed E-state index contributed by atoms with van der Waals surface area (Å²) in [6.07, 6.45) is 1.38. The number of carbonyl (C=O) groups is 1. The van der Waals surface area contributed by atoms with E-state index < -0.39 is 0 Å². The maximum atomic E-state index is 11.2. The number of nitrogens with one attached hydrogen (secondary N) is 3. The van der Waals surface area contributed by atoms with Crippen molar-refractivity contribution < 1.29 is 19.0 Å². The van der Waals surface area contributed by atoms with Crippen LogP contribution in [0.5, 0.6) is 17.2 Å². The van der Waals surface area contributed by atoms with Gasteiger partial charge in [-0.25, -0.2) is 9.97 Å². The van der Waals surface area contributed by atoms with E-state index in [4.69, 9.17) is 14.2 Å². The quantitative estimate of drug-likeness (QED) is 0.513. The molecule has 10 nitrogen and oxygen atoms in total. The molecule has 0 aliphatic heterocycles. The van der Waals surface area contributed by atoms with Crippen molar-refractivity contribution >= 4 is 34.9 Å². The average Bonchev–Trinajstić information content (AvgIpc) is 2.73. The molecular weight excluding hydrogens is 388 g/mol. The lowest BCUT2D eigenvalue weighted by Gasteiger charge is -2.14. The maximum Gasteiger partial charge on any atom is 0.232 e. The van der Waals surface area contributed by atoms with Gasteiger partial charge in [0.15, 0.2) is 11.5 Å². The second-order valence-electron chi connectivity index (χ2n) is 6.06. The molecule has 0 bridgehead atoms. The van der Waals surface area contributed by atoms with Crippen LogP contribution in [0, 0.1) is 0 Å². The number of carbonyl (C=O) groups excluding carboxylic acids is 1. The first-order valence-corrected chi connectivity index (χ1v) is 8.93. The molecule has 0 saturated heterocycles. The minimum atomic E-state index is -0.149. The van der Waals surface area contributed by atoms with Crippen LogP contribution in [0.4, 0.5) is 29.0 Å². The maximum absolute atomic E-state index is 11.2. The molecule has 0 unspecified atom stereocenters. The summed E-state index contributed by atoms with van der Waals surface area (Å²) in [5.74, 6) is 1.99. The van der Waals surface area contributed by atoms with Crippen LogP contribution in [0.1, 0.15) is 6.92 Å². The summed E-state index contributed by atoms with van der Waals surface area (Å²) >= 11 is 0. The first-order chi connectivity index (χ1) is 14.5. The van der Waals surface area contributed by atoms with Crippen LogP contribution in [-0.2, 0) is 4.79 Å². The molecule has 3 rings (SSSR count). The molecule has 1 aromatic heterocycles. The number of hydrogen-bond acceptors (Lipinski definition) is 9. The van der Waals surface area contributed by atoms with E-state index in [0.717, 1.165) is 0 Å². The van der Waals surface area contributed by atoms with Gasteiger partial charge in [-0.3, -0.25) is 4.79 Å². The number of hydrogen-bond donors (Lipinski definition) is 3. The SMILES string of the molecule is COc1cc(Nc2ncnc(Nc3cccc(NC(C)=O)c3)n2)cc(OC)c1OC. The predicted octanol–water partition coefficient (Wildman–Crippen LogP) is 3.34. The molecule has 1 heterocycles. The highest BCUT2D eigenvalue weighted by molar-refractivity contribution is 5.89. The Morgan fingerprint density at radius 3 is 2.00 bits per heavy atom. The van der Waals surface area contributed by atoms with Crippen molar-refractivity contribution in [3.8, 4) is 17.2 Å². The predicted molar refractivity (Wildman–Crippen MR) is 113 cm³/mol. The Labute approximate surface area is 173 Å². The standard InChI is InChI=1S/C20H22N6O4/c1-12(27)23-13-6-5-7-14(8-13)24-19-21-11-22-20(26-19)25-15-9-16(28-2)18(30-4)17(10-15)29-3/h5-11H,1-4H3,(H,23,27)(H2,21,22,24,25,26). The first-order valence-electron chi connectivity index (χ1n) is 8.93. The summed E-state index contributed by atoms with van der Waals surface area (Å²) in [5.41, 5.74) is 2.03. The summed E-state index contributed by atoms with van der Waals surface area (Å²) in [6.45, 7) is 1.45. The van der Waals surface area contributed by atoms with Crippen LogP contribution in [0.15, 0.2) is 42.7 Å². The number of ether oxygens (including phenoxy) is 3. The van der Waals surface area contributed by atoms with Crippen molar-refractivity contribution in [3.63, 3.8) is 0 Å². The van der Waals surface area contributed by atoms with Gasteiger partial charge in [-0.2, -0.15) is 4.98 Å². The normalized spacial score (nSPS) is 10.1. The second kappa shape index (κ2) is 9.41. The minimum Gasteiger partial charge on any atom is -0.493 e. The highest BCUT2D eigenvalue weighted by Crippen LogP contribution is 2.40. The van der Waals surface area contributed by atoms with Gasteiger partial charge in [0.25, 0.3) is 0 Å². The van der Waals surface area contributed by atoms with Gasteiger partial charge in [-0.05, 0) is 18.2 Å². The number of amides is 1. The average molecular weight is 410 g/mol. The Bertz CT molecular complexity index is 1020. The third-order valence-electron chi connectivity index (χ3n) is 3.93. The van der Waals surface area contributed by atoms with E-state index in [1.54, 1.807) is 45.6 Å². The molecule has 0 radical (unpaired) electrons. The molecule has 30 heavy (non-hydrogen) atoms. The highest BCUT2D eigenvalue weighted by Gasteiger charge is 2.14. The smallest absolute Gasteiger partial charge is 0.232 e. The van der Waals surface area contributed by atoms with Gasteiger partial charge in [0.05, 0.1) is 21.3 Å². The Balaban J connectivity index is 1.80. The number of anilines is 5. The van der Waals surface area contributed by atoms with E-state index in [9.17, 15) is 4.79 Å². The summed E-state index contributed by atoms with van der Waals surface area (Å²) in [7, 11) is 4.63. The van der Waals surface area contributed by atoms with Gasteiger partial charge in [-0.1, -0.05) is 6.07 Å². The lowest BCUT2D eigenvalue weighted by molar-refractivity contribution is -0.114. The molecule has 1 amide bonds. The largest absolute Gasteiger partial charge is 0.493 e. The van der Waals surface area contributed by atoms with Crippen LogP contribution in [0.25, 0.3) is 0 Å². The van der Waals surface area contributed by atoms with Gasteiger partial charge < -0.3 is 30.2 Å². The van der Waals surface area contributed by atoms with E-state index in [2.05, 4.69) is 30.9 Å². The molecule has 2 aromatic carbocycles. The lowest BCUT2D eigenvalue weighted by Crippen LogP contribution is -2.06. The monoisotopic (exact) mass is 410 g/mol. The van der Waals surface area contributed by atoms with Gasteiger partial charge in [0.2, 0.25) is 23.6 Å². The molecule has 3 N–H and O–H groups in total. The van der Waals surface area contributed by atoms with Crippen molar-refractivity contribution in [2.24, 2.45) is 0 Å². The Morgan fingerprint density at radius 1 is 0.833 bits per heavy atom. The molecular formula is C20H22N6O4. The van der Waals surface area contributed by atoms with Crippen molar-refractivity contribution in [3.05, 3.63) is 42.7 Å². The summed E-state index contributed by atoms with van der Waals surface area (Å²) < 4.78 is 16.0. The number of aromatic nitrogens is 3. The van der Waals surface area contributed by atoms with Gasteiger partial charge in [-0.15, -0.1) is 0 Å². The Morgan fingerprint density at radius 2 is 1.43 bits per heavy atom. The first kappa shape index (κ1) is 20.6. The van der Waals surface area contributed by atoms with Crippen LogP contribution in [0.2, 0.25) is 0 Å². The van der Waals surface area contributed by atoms with E-state index >= 15 is 0 Å². The zero-order chi connectivity index (χ0) is 21.5. The summed E-state index contributed by atoms with van der Waals surface area (Å²) in [4.78, 5) is 23.9. The third-order valence-corrected chi connectivity index (χ3v) is 3.93. The van der Waals surface area contributed by atoms with Gasteiger partial charge in [0.1, 0.15) is 6.33 Å². The molecule has 3 aromatic rings. The van der Waals surface area contributed by atoms with E-state index in [0.29, 0.717) is 46.2 Å². The fraction of sp³-hybridized carbons (Fsp3) is 0.200. The van der Waals surface area contributed by atoms with Crippen molar-refractivity contribution in [1.29, 1.82) is 0 Å². The topological polar surface area (TPSA) is 120 Å². The molecule has 0 spiro atoms. The van der Waals surface area contributed by atoms with Crippen LogP contribution < -0.4 is 30.2 Å². The molecule has 156 valence electrons. The highest BCUT2D eigenvalue weighted by atomic mass is 16.5. The van der Waals surface area contributed by atoms with E-state index in [-0.39, 0.29) is 5.91 Å². The van der Waals surface area contributed by atoms with E-state index in [1.807, 2.05) is 12.1 Å². The zero-order valence-corrected chi connectivity index (χ0v) is 17.0. The molecule has 0 aliphatic rings. The molecule has 10 heteroatoms. The van der Waals surface area contributed by atoms with Crippen LogP contribution in [-0.4, -0.2) is 42.2 Å². The number of rotatable bonds is 8.